The third-order valence-electron chi connectivity index (χ3n) is 2.34. The van der Waals surface area contributed by atoms with E-state index in [1.54, 1.807) is 19.1 Å². The van der Waals surface area contributed by atoms with E-state index in [9.17, 15) is 9.59 Å². The molecule has 0 fully saturated rings. The van der Waals surface area contributed by atoms with Crippen molar-refractivity contribution in [2.45, 2.75) is 26.7 Å². The standard InChI is InChI=1S/C13H15BrO2/c1-9(7-10(2)15)8-13(16)11-3-5-12(14)6-4-11/h3-6,9H,7-8H2,1-2H3/t9-/m0/s1. The fraction of sp³-hybridized carbons (Fsp3) is 0.385. The van der Waals surface area contributed by atoms with E-state index in [-0.39, 0.29) is 17.5 Å². The van der Waals surface area contributed by atoms with E-state index in [0.717, 1.165) is 4.47 Å². The third kappa shape index (κ3) is 4.27. The first-order valence-electron chi connectivity index (χ1n) is 5.27. The molecule has 0 radical (unpaired) electrons. The number of hydrogen-bond acceptors (Lipinski definition) is 2. The topological polar surface area (TPSA) is 34.1 Å². The van der Waals surface area contributed by atoms with Crippen LogP contribution in [0.5, 0.6) is 0 Å². The van der Waals surface area contributed by atoms with Crippen molar-refractivity contribution in [1.29, 1.82) is 0 Å². The highest BCUT2D eigenvalue weighted by Crippen LogP contribution is 2.16. The highest BCUT2D eigenvalue weighted by atomic mass is 79.9. The maximum Gasteiger partial charge on any atom is 0.163 e. The van der Waals surface area contributed by atoms with Crippen LogP contribution in [0.15, 0.2) is 28.7 Å². The summed E-state index contributed by atoms with van der Waals surface area (Å²) < 4.78 is 0.959. The molecular weight excluding hydrogens is 268 g/mol. The number of carbonyl (C=O) groups is 2. The second-order valence-electron chi connectivity index (χ2n) is 4.15. The summed E-state index contributed by atoms with van der Waals surface area (Å²) in [6, 6.07) is 7.30. The number of Topliss-reactive ketones (excluding diaryl/α,β-unsaturated/α-hetero) is 2. The zero-order valence-corrected chi connectivity index (χ0v) is 11.1. The third-order valence-corrected chi connectivity index (χ3v) is 2.86. The highest BCUT2D eigenvalue weighted by Gasteiger charge is 2.12. The lowest BCUT2D eigenvalue weighted by Crippen LogP contribution is -2.09. The Bertz CT molecular complexity index is 381. The van der Waals surface area contributed by atoms with Gasteiger partial charge in [0.1, 0.15) is 5.78 Å². The van der Waals surface area contributed by atoms with Crippen LogP contribution >= 0.6 is 15.9 Å². The minimum Gasteiger partial charge on any atom is -0.300 e. The zero-order chi connectivity index (χ0) is 12.1. The number of hydrogen-bond donors (Lipinski definition) is 0. The molecule has 0 heterocycles. The fourth-order valence-corrected chi connectivity index (χ4v) is 1.90. The summed E-state index contributed by atoms with van der Waals surface area (Å²) in [5, 5.41) is 0. The first-order valence-corrected chi connectivity index (χ1v) is 6.06. The molecule has 0 amide bonds. The Balaban J connectivity index is 2.58. The number of halogens is 1. The summed E-state index contributed by atoms with van der Waals surface area (Å²) in [6.07, 6.45) is 0.906. The molecule has 0 saturated heterocycles. The van der Waals surface area contributed by atoms with Crippen molar-refractivity contribution < 1.29 is 9.59 Å². The first kappa shape index (κ1) is 13.1. The van der Waals surface area contributed by atoms with Crippen LogP contribution in [0.3, 0.4) is 0 Å². The lowest BCUT2D eigenvalue weighted by atomic mass is 9.96. The minimum atomic E-state index is 0.0984. The number of ketones is 2. The number of benzene rings is 1. The van der Waals surface area contributed by atoms with Crippen LogP contribution in [-0.2, 0) is 4.79 Å². The van der Waals surface area contributed by atoms with Gasteiger partial charge in [0.25, 0.3) is 0 Å². The maximum absolute atomic E-state index is 11.8. The van der Waals surface area contributed by atoms with Gasteiger partial charge in [0.05, 0.1) is 0 Å². The molecule has 86 valence electrons. The van der Waals surface area contributed by atoms with Crippen LogP contribution in [0, 0.1) is 5.92 Å². The average Bonchev–Trinajstić information content (AvgIpc) is 2.16. The minimum absolute atomic E-state index is 0.0984. The molecule has 0 aliphatic heterocycles. The quantitative estimate of drug-likeness (QED) is 0.773. The van der Waals surface area contributed by atoms with Gasteiger partial charge in [0.2, 0.25) is 0 Å². The van der Waals surface area contributed by atoms with Gasteiger partial charge in [-0.15, -0.1) is 0 Å². The van der Waals surface area contributed by atoms with E-state index in [0.29, 0.717) is 18.4 Å². The van der Waals surface area contributed by atoms with Crippen LogP contribution in [0.4, 0.5) is 0 Å². The van der Waals surface area contributed by atoms with Crippen LogP contribution in [0.25, 0.3) is 0 Å². The van der Waals surface area contributed by atoms with E-state index in [4.69, 9.17) is 0 Å². The van der Waals surface area contributed by atoms with Gasteiger partial charge in [-0.05, 0) is 25.0 Å². The van der Waals surface area contributed by atoms with Crippen LogP contribution in [0.1, 0.15) is 37.0 Å². The second kappa shape index (κ2) is 5.94. The van der Waals surface area contributed by atoms with Crippen LogP contribution < -0.4 is 0 Å². The van der Waals surface area contributed by atoms with Crippen molar-refractivity contribution in [3.8, 4) is 0 Å². The molecule has 1 rings (SSSR count). The van der Waals surface area contributed by atoms with Crippen molar-refractivity contribution in [3.05, 3.63) is 34.3 Å². The van der Waals surface area contributed by atoms with Gasteiger partial charge < -0.3 is 4.79 Å². The highest BCUT2D eigenvalue weighted by molar-refractivity contribution is 9.10. The van der Waals surface area contributed by atoms with Gasteiger partial charge in [-0.2, -0.15) is 0 Å². The molecule has 3 heteroatoms. The molecule has 2 nitrogen and oxygen atoms in total. The average molecular weight is 283 g/mol. The van der Waals surface area contributed by atoms with Crippen molar-refractivity contribution in [1.82, 2.24) is 0 Å². The van der Waals surface area contributed by atoms with E-state index in [1.165, 1.54) is 0 Å². The molecule has 0 N–H and O–H groups in total. The van der Waals surface area contributed by atoms with Gasteiger partial charge in [0.15, 0.2) is 5.78 Å². The van der Waals surface area contributed by atoms with E-state index in [1.807, 2.05) is 19.1 Å². The zero-order valence-electron chi connectivity index (χ0n) is 9.50. The first-order chi connectivity index (χ1) is 7.49. The summed E-state index contributed by atoms with van der Waals surface area (Å²) in [7, 11) is 0. The summed E-state index contributed by atoms with van der Waals surface area (Å²) in [5.74, 6) is 0.353. The lowest BCUT2D eigenvalue weighted by Gasteiger charge is -2.08. The van der Waals surface area contributed by atoms with E-state index < -0.39 is 0 Å². The number of rotatable bonds is 5. The molecule has 16 heavy (non-hydrogen) atoms. The van der Waals surface area contributed by atoms with Gasteiger partial charge in [0, 0.05) is 22.9 Å². The normalized spacial score (nSPS) is 12.2. The molecule has 1 atom stereocenters. The van der Waals surface area contributed by atoms with Crippen molar-refractivity contribution >= 4 is 27.5 Å². The molecule has 0 bridgehead atoms. The molecule has 0 aliphatic carbocycles. The molecular formula is C13H15BrO2. The summed E-state index contributed by atoms with van der Waals surface area (Å²) >= 11 is 3.32. The Labute approximate surface area is 104 Å². The monoisotopic (exact) mass is 282 g/mol. The van der Waals surface area contributed by atoms with Crippen LogP contribution in [0.2, 0.25) is 0 Å². The molecule has 0 aliphatic rings. The Hall–Kier alpha value is -0.960. The SMILES string of the molecule is CC(=O)C[C@H](C)CC(=O)c1ccc(Br)cc1. The van der Waals surface area contributed by atoms with Crippen LogP contribution in [-0.4, -0.2) is 11.6 Å². The van der Waals surface area contributed by atoms with E-state index in [2.05, 4.69) is 15.9 Å². The predicted molar refractivity (Wildman–Crippen MR) is 67.6 cm³/mol. The Kier molecular flexibility index (Phi) is 4.87. The summed E-state index contributed by atoms with van der Waals surface area (Å²) in [5.41, 5.74) is 0.707. The Morgan fingerprint density at radius 2 is 1.75 bits per heavy atom. The second-order valence-corrected chi connectivity index (χ2v) is 5.06. The van der Waals surface area contributed by atoms with Gasteiger partial charge in [-0.3, -0.25) is 4.79 Å². The largest absolute Gasteiger partial charge is 0.300 e. The molecule has 0 unspecified atom stereocenters. The van der Waals surface area contributed by atoms with Crippen molar-refractivity contribution in [2.75, 3.05) is 0 Å². The smallest absolute Gasteiger partial charge is 0.163 e. The Morgan fingerprint density at radius 3 is 2.25 bits per heavy atom. The maximum atomic E-state index is 11.8. The van der Waals surface area contributed by atoms with E-state index >= 15 is 0 Å². The van der Waals surface area contributed by atoms with Gasteiger partial charge in [-0.1, -0.05) is 35.0 Å². The summed E-state index contributed by atoms with van der Waals surface area (Å²) in [6.45, 7) is 3.48. The number of carbonyl (C=O) groups excluding carboxylic acids is 2. The molecule has 1 aromatic rings. The lowest BCUT2D eigenvalue weighted by molar-refractivity contribution is -0.117. The molecule has 0 spiro atoms. The van der Waals surface area contributed by atoms with Gasteiger partial charge >= 0.3 is 0 Å². The molecule has 1 aromatic carbocycles. The fourth-order valence-electron chi connectivity index (χ4n) is 1.63. The van der Waals surface area contributed by atoms with Gasteiger partial charge in [-0.25, -0.2) is 0 Å². The molecule has 0 saturated carbocycles. The molecule has 0 aromatic heterocycles. The van der Waals surface area contributed by atoms with Crippen molar-refractivity contribution in [2.24, 2.45) is 5.92 Å². The predicted octanol–water partition coefficient (Wildman–Crippen LogP) is 3.64. The Morgan fingerprint density at radius 1 is 1.19 bits per heavy atom. The van der Waals surface area contributed by atoms with Crippen molar-refractivity contribution in [3.63, 3.8) is 0 Å². The summed E-state index contributed by atoms with van der Waals surface area (Å²) in [4.78, 5) is 22.7.